The number of benzene rings is 1. The Morgan fingerprint density at radius 2 is 1.81 bits per heavy atom. The molecule has 4 aromatic rings. The zero-order valence-corrected chi connectivity index (χ0v) is 29.7. The Morgan fingerprint density at radius 3 is 2.44 bits per heavy atom. The minimum absolute atomic E-state index is 0.0767. The lowest BCUT2D eigenvalue weighted by molar-refractivity contribution is 0.0455. The van der Waals surface area contributed by atoms with Crippen molar-refractivity contribution in [3.05, 3.63) is 45.7 Å². The van der Waals surface area contributed by atoms with Gasteiger partial charge >= 0.3 is 18.3 Å². The molecule has 0 bridgehead atoms. The molecular weight excluding hydrogens is 714 g/mol. The number of aromatic nitrogens is 8. The van der Waals surface area contributed by atoms with Crippen molar-refractivity contribution in [3.8, 4) is 0 Å². The lowest BCUT2D eigenvalue weighted by Crippen LogP contribution is -2.50. The molecule has 48 heavy (non-hydrogen) atoms. The third-order valence-electron chi connectivity index (χ3n) is 7.11. The molecule has 3 aromatic heterocycles. The predicted octanol–water partition coefficient (Wildman–Crippen LogP) is 4.86. The van der Waals surface area contributed by atoms with E-state index in [-0.39, 0.29) is 30.1 Å². The molecule has 4 heterocycles. The van der Waals surface area contributed by atoms with Crippen molar-refractivity contribution >= 4 is 68.5 Å². The van der Waals surface area contributed by atoms with Gasteiger partial charge in [-0.05, 0) is 65.3 Å². The number of imide groups is 1. The van der Waals surface area contributed by atoms with Crippen LogP contribution >= 0.6 is 27.5 Å². The topological polar surface area (TPSA) is 196 Å². The number of rotatable bonds is 6. The van der Waals surface area contributed by atoms with Gasteiger partial charge in [0.1, 0.15) is 23.1 Å². The van der Waals surface area contributed by atoms with Crippen molar-refractivity contribution < 1.29 is 29.0 Å². The molecule has 256 valence electrons. The van der Waals surface area contributed by atoms with Crippen LogP contribution in [-0.2, 0) is 28.6 Å². The van der Waals surface area contributed by atoms with Crippen molar-refractivity contribution in [1.29, 1.82) is 0 Å². The van der Waals surface area contributed by atoms with Gasteiger partial charge in [-0.1, -0.05) is 27.5 Å². The number of imidazole rings is 1. The summed E-state index contributed by atoms with van der Waals surface area (Å²) in [7, 11) is 1.64. The number of nitrogens with zero attached hydrogens (tertiary/aromatic N) is 10. The number of carbonyl (C=O) groups excluding carboxylic acids is 2. The molecule has 0 spiro atoms. The highest BCUT2D eigenvalue weighted by molar-refractivity contribution is 9.10. The molecule has 1 aliphatic heterocycles. The SMILES string of the molecule is Cn1nnc([C@@]2(NC(=O)OC(C)(C)C)CCN(c3cc(Cl)cc(Br)c3Cn3cnc4c(N(C(=O)O)C(=O)OC(C)(C)C)ncnc43)C2)n1. The van der Waals surface area contributed by atoms with Crippen molar-refractivity contribution in [2.45, 2.75) is 71.2 Å². The Bertz CT molecular complexity index is 1890. The van der Waals surface area contributed by atoms with Crippen LogP contribution in [0.5, 0.6) is 0 Å². The van der Waals surface area contributed by atoms with Gasteiger partial charge in [-0.2, -0.15) is 9.70 Å². The first-order valence-corrected chi connectivity index (χ1v) is 15.9. The molecule has 0 aliphatic carbocycles. The zero-order valence-electron chi connectivity index (χ0n) is 27.4. The van der Waals surface area contributed by atoms with Crippen molar-refractivity contribution in [3.63, 3.8) is 0 Å². The second-order valence-electron chi connectivity index (χ2n) is 13.2. The van der Waals surface area contributed by atoms with Gasteiger partial charge in [0.05, 0.1) is 19.9 Å². The van der Waals surface area contributed by atoms with E-state index in [1.54, 1.807) is 59.2 Å². The molecule has 19 heteroatoms. The highest BCUT2D eigenvalue weighted by Gasteiger charge is 2.46. The van der Waals surface area contributed by atoms with E-state index in [9.17, 15) is 19.5 Å². The first-order valence-electron chi connectivity index (χ1n) is 14.8. The van der Waals surface area contributed by atoms with E-state index in [1.807, 2.05) is 11.0 Å². The number of anilines is 2. The summed E-state index contributed by atoms with van der Waals surface area (Å²) in [5.74, 6) is 0.0868. The molecule has 0 radical (unpaired) electrons. The van der Waals surface area contributed by atoms with E-state index >= 15 is 0 Å². The first kappa shape index (κ1) is 34.7. The van der Waals surface area contributed by atoms with Crippen LogP contribution in [0.1, 0.15) is 59.4 Å². The van der Waals surface area contributed by atoms with Gasteiger partial charge < -0.3 is 29.4 Å². The van der Waals surface area contributed by atoms with Crippen LogP contribution in [-0.4, -0.2) is 87.4 Å². The number of aryl methyl sites for hydroxylation is 1. The second kappa shape index (κ2) is 12.8. The van der Waals surface area contributed by atoms with Gasteiger partial charge in [0.15, 0.2) is 17.0 Å². The summed E-state index contributed by atoms with van der Waals surface area (Å²) in [6.07, 6.45) is -0.267. The third kappa shape index (κ3) is 7.43. The molecule has 2 N–H and O–H groups in total. The smallest absolute Gasteiger partial charge is 0.425 e. The van der Waals surface area contributed by atoms with Gasteiger partial charge in [-0.3, -0.25) is 0 Å². The minimum atomic E-state index is -1.59. The molecule has 5 rings (SSSR count). The van der Waals surface area contributed by atoms with Crippen LogP contribution in [0.15, 0.2) is 29.3 Å². The van der Waals surface area contributed by atoms with Crippen LogP contribution in [0, 0.1) is 0 Å². The lowest BCUT2D eigenvalue weighted by Gasteiger charge is -2.30. The summed E-state index contributed by atoms with van der Waals surface area (Å²) in [6, 6.07) is 3.56. The molecule has 1 aliphatic rings. The van der Waals surface area contributed by atoms with Crippen LogP contribution < -0.4 is 15.1 Å². The van der Waals surface area contributed by atoms with Crippen molar-refractivity contribution in [1.82, 2.24) is 45.0 Å². The number of fused-ring (bicyclic) bond motifs is 1. The average molecular weight is 749 g/mol. The van der Waals surface area contributed by atoms with Gasteiger partial charge in [0.2, 0.25) is 5.82 Å². The number of amides is 3. The van der Waals surface area contributed by atoms with E-state index < -0.39 is 35.0 Å². The summed E-state index contributed by atoms with van der Waals surface area (Å²) in [4.78, 5) is 54.6. The van der Waals surface area contributed by atoms with Gasteiger partial charge in [0, 0.05) is 33.8 Å². The maximum absolute atomic E-state index is 13.0. The number of alkyl carbamates (subject to hydrolysis) is 1. The highest BCUT2D eigenvalue weighted by atomic mass is 79.9. The molecule has 1 atom stereocenters. The molecular formula is C29H35BrClN11O6. The first-order chi connectivity index (χ1) is 22.4. The monoisotopic (exact) mass is 747 g/mol. The van der Waals surface area contributed by atoms with Gasteiger partial charge in [-0.25, -0.2) is 29.3 Å². The summed E-state index contributed by atoms with van der Waals surface area (Å²) >= 11 is 10.2. The normalized spacial score (nSPS) is 16.6. The number of tetrazole rings is 1. The highest BCUT2D eigenvalue weighted by Crippen LogP contribution is 2.39. The predicted molar refractivity (Wildman–Crippen MR) is 177 cm³/mol. The number of carboxylic acid groups (broad SMARTS) is 1. The molecule has 3 amide bonds. The Morgan fingerprint density at radius 1 is 1.10 bits per heavy atom. The number of ether oxygens (including phenoxy) is 2. The standard InChI is InChI=1S/C29H35BrClN11O6/c1-27(2,3)47-24(43)35-29(23-36-38-39(7)37-23)8-9-40(13-29)19-11-16(31)10-18(30)17(19)12-41-15-34-20-21(41)32-14-33-22(20)42(25(44)45)26(46)48-28(4,5)6/h10-11,14-15H,8-9,12-13H2,1-7H3,(H,35,43)(H,44,45)/t29-/m1/s1. The quantitative estimate of drug-likeness (QED) is 0.272. The summed E-state index contributed by atoms with van der Waals surface area (Å²) < 4.78 is 13.3. The minimum Gasteiger partial charge on any atom is -0.464 e. The maximum Gasteiger partial charge on any atom is 0.425 e. The van der Waals surface area contributed by atoms with Crippen molar-refractivity contribution in [2.24, 2.45) is 7.05 Å². The number of hydrogen-bond acceptors (Lipinski definition) is 12. The van der Waals surface area contributed by atoms with Crippen LogP contribution in [0.25, 0.3) is 11.2 Å². The largest absolute Gasteiger partial charge is 0.464 e. The number of hydrogen-bond donors (Lipinski definition) is 2. The third-order valence-corrected chi connectivity index (χ3v) is 8.04. The molecule has 1 fully saturated rings. The molecule has 17 nitrogen and oxygen atoms in total. The van der Waals surface area contributed by atoms with Crippen LogP contribution in [0.3, 0.4) is 0 Å². The van der Waals surface area contributed by atoms with Crippen molar-refractivity contribution in [2.75, 3.05) is 22.9 Å². The van der Waals surface area contributed by atoms with E-state index in [0.29, 0.717) is 33.2 Å². The summed E-state index contributed by atoms with van der Waals surface area (Å²) in [6.45, 7) is 11.1. The Hall–Kier alpha value is -4.58. The Kier molecular flexibility index (Phi) is 9.26. The number of halogens is 2. The lowest BCUT2D eigenvalue weighted by atomic mass is 9.98. The zero-order chi connectivity index (χ0) is 35.2. The molecule has 1 saturated heterocycles. The fraction of sp³-hybridized carbons (Fsp3) is 0.483. The molecule has 0 saturated carbocycles. The summed E-state index contributed by atoms with van der Waals surface area (Å²) in [5.41, 5.74) is -0.845. The fourth-order valence-electron chi connectivity index (χ4n) is 5.24. The van der Waals surface area contributed by atoms with Gasteiger partial charge in [0.25, 0.3) is 0 Å². The maximum atomic E-state index is 13.0. The van der Waals surface area contributed by atoms with E-state index in [4.69, 9.17) is 21.1 Å². The van der Waals surface area contributed by atoms with E-state index in [2.05, 4.69) is 51.6 Å². The van der Waals surface area contributed by atoms with Crippen LogP contribution in [0.4, 0.5) is 25.9 Å². The van der Waals surface area contributed by atoms with E-state index in [1.165, 1.54) is 11.1 Å². The number of nitrogens with one attached hydrogen (secondary N) is 1. The average Bonchev–Trinajstić information content (AvgIpc) is 3.67. The van der Waals surface area contributed by atoms with Gasteiger partial charge in [-0.15, -0.1) is 10.2 Å². The molecule has 1 aromatic carbocycles. The summed E-state index contributed by atoms with van der Waals surface area (Å²) in [5, 5.41) is 26.0. The molecule has 0 unspecified atom stereocenters. The second-order valence-corrected chi connectivity index (χ2v) is 14.5. The number of carbonyl (C=O) groups is 3. The Balaban J connectivity index is 1.51. The fourth-order valence-corrected chi connectivity index (χ4v) is 6.16. The van der Waals surface area contributed by atoms with Crippen LogP contribution in [0.2, 0.25) is 5.02 Å². The Labute approximate surface area is 288 Å². The van der Waals surface area contributed by atoms with E-state index in [0.717, 1.165) is 17.6 Å².